The number of hydrogen-bond donors (Lipinski definition) is 0. The van der Waals surface area contributed by atoms with Crippen LogP contribution in [0.3, 0.4) is 0 Å². The molecule has 11 atom stereocenters. The smallest absolute Gasteiger partial charge is 0.0712 e. The zero-order valence-electron chi connectivity index (χ0n) is 25.1. The van der Waals surface area contributed by atoms with E-state index in [1.54, 1.807) is 44.6 Å². The molecular formula is C36H46N2. The first kappa shape index (κ1) is 23.0. The molecule has 3 fully saturated rings. The van der Waals surface area contributed by atoms with Crippen molar-refractivity contribution in [2.75, 3.05) is 18.1 Å². The van der Waals surface area contributed by atoms with E-state index < -0.39 is 0 Å². The molecule has 1 saturated heterocycles. The molecule has 2 aromatic rings. The van der Waals surface area contributed by atoms with Gasteiger partial charge in [-0.2, -0.15) is 0 Å². The lowest BCUT2D eigenvalue weighted by Crippen LogP contribution is -2.62. The van der Waals surface area contributed by atoms with Gasteiger partial charge in [0.05, 0.1) is 6.67 Å². The summed E-state index contributed by atoms with van der Waals surface area (Å²) in [6.45, 7) is 25.9. The zero-order chi connectivity index (χ0) is 26.3. The second-order valence-electron chi connectivity index (χ2n) is 15.3. The van der Waals surface area contributed by atoms with Crippen molar-refractivity contribution in [2.24, 2.45) is 17.3 Å². The SMILES string of the molecule is CCC1(C)CN2CN(Cc3c(C)c4c(c(C)c32)C2C3CC(C42)C2c4c(C)c5c(c(C)c4C32)C(C)C5C)C1C. The first-order valence-electron chi connectivity index (χ1n) is 15.9. The predicted octanol–water partition coefficient (Wildman–Crippen LogP) is 8.25. The quantitative estimate of drug-likeness (QED) is 0.359. The van der Waals surface area contributed by atoms with Gasteiger partial charge in [0.1, 0.15) is 0 Å². The molecule has 0 spiro atoms. The molecule has 5 aliphatic carbocycles. The van der Waals surface area contributed by atoms with Crippen molar-refractivity contribution >= 4 is 5.69 Å². The summed E-state index contributed by atoms with van der Waals surface area (Å²) in [5.74, 6) is 6.64. The third-order valence-electron chi connectivity index (χ3n) is 14.5. The molecule has 38 heavy (non-hydrogen) atoms. The summed E-state index contributed by atoms with van der Waals surface area (Å²) in [5, 5.41) is 0. The number of anilines is 1. The number of fused-ring (bicyclic) bond motifs is 19. The van der Waals surface area contributed by atoms with Crippen LogP contribution in [0.1, 0.15) is 144 Å². The first-order chi connectivity index (χ1) is 18.1. The lowest BCUT2D eigenvalue weighted by atomic mass is 9.46. The third-order valence-corrected chi connectivity index (χ3v) is 14.5. The maximum atomic E-state index is 2.79. The highest BCUT2D eigenvalue weighted by molar-refractivity contribution is 5.75. The van der Waals surface area contributed by atoms with E-state index in [1.807, 2.05) is 22.3 Å². The molecule has 200 valence electrons. The van der Waals surface area contributed by atoms with E-state index in [1.165, 1.54) is 19.4 Å². The van der Waals surface area contributed by atoms with Crippen molar-refractivity contribution in [3.8, 4) is 0 Å². The largest absolute Gasteiger partial charge is 0.357 e. The summed E-state index contributed by atoms with van der Waals surface area (Å²) in [5.41, 5.74) is 21.2. The summed E-state index contributed by atoms with van der Waals surface area (Å²) < 4.78 is 0. The molecule has 4 bridgehead atoms. The molecule has 2 heterocycles. The van der Waals surface area contributed by atoms with E-state index in [0.29, 0.717) is 11.5 Å². The Bertz CT molecular complexity index is 1480. The van der Waals surface area contributed by atoms with Gasteiger partial charge in [-0.1, -0.05) is 27.7 Å². The average molecular weight is 507 g/mol. The van der Waals surface area contributed by atoms with Crippen LogP contribution in [0.4, 0.5) is 5.69 Å². The minimum Gasteiger partial charge on any atom is -0.357 e. The van der Waals surface area contributed by atoms with Gasteiger partial charge in [0.25, 0.3) is 0 Å². The molecule has 0 radical (unpaired) electrons. The molecule has 2 heteroatoms. The van der Waals surface area contributed by atoms with Crippen LogP contribution in [-0.4, -0.2) is 24.2 Å². The predicted molar refractivity (Wildman–Crippen MR) is 157 cm³/mol. The van der Waals surface area contributed by atoms with Gasteiger partial charge in [-0.05, 0) is 156 Å². The van der Waals surface area contributed by atoms with Crippen molar-refractivity contribution in [1.82, 2.24) is 4.90 Å². The minimum absolute atomic E-state index is 0.378. The molecule has 7 aliphatic rings. The minimum atomic E-state index is 0.378. The van der Waals surface area contributed by atoms with Gasteiger partial charge >= 0.3 is 0 Å². The number of hydrogen-bond acceptors (Lipinski definition) is 2. The van der Waals surface area contributed by atoms with Gasteiger partial charge in [0, 0.05) is 30.2 Å². The van der Waals surface area contributed by atoms with Crippen LogP contribution in [0.2, 0.25) is 0 Å². The van der Waals surface area contributed by atoms with E-state index >= 15 is 0 Å². The van der Waals surface area contributed by atoms with E-state index in [2.05, 4.69) is 72.1 Å². The fourth-order valence-corrected chi connectivity index (χ4v) is 12.3. The Kier molecular flexibility index (Phi) is 4.07. The maximum Gasteiger partial charge on any atom is 0.0712 e. The lowest BCUT2D eigenvalue weighted by molar-refractivity contribution is 0.0381. The molecule has 0 N–H and O–H groups in total. The summed E-state index contributed by atoms with van der Waals surface area (Å²) in [6.07, 6.45) is 2.74. The monoisotopic (exact) mass is 506 g/mol. The molecule has 2 nitrogen and oxygen atoms in total. The van der Waals surface area contributed by atoms with Gasteiger partial charge in [0.15, 0.2) is 0 Å². The molecule has 2 saturated carbocycles. The topological polar surface area (TPSA) is 6.48 Å². The summed E-state index contributed by atoms with van der Waals surface area (Å²) in [6, 6.07) is 0.652. The van der Waals surface area contributed by atoms with E-state index in [9.17, 15) is 0 Å². The molecule has 0 aromatic heterocycles. The summed E-state index contributed by atoms with van der Waals surface area (Å²) in [4.78, 5) is 5.58. The van der Waals surface area contributed by atoms with Gasteiger partial charge in [0.2, 0.25) is 0 Å². The van der Waals surface area contributed by atoms with Crippen molar-refractivity contribution in [1.29, 1.82) is 0 Å². The van der Waals surface area contributed by atoms with Gasteiger partial charge < -0.3 is 4.90 Å². The van der Waals surface area contributed by atoms with E-state index in [4.69, 9.17) is 0 Å². The second-order valence-corrected chi connectivity index (χ2v) is 15.3. The Morgan fingerprint density at radius 2 is 1.21 bits per heavy atom. The van der Waals surface area contributed by atoms with Gasteiger partial charge in [-0.25, -0.2) is 0 Å². The zero-order valence-corrected chi connectivity index (χ0v) is 25.1. The highest BCUT2D eigenvalue weighted by Gasteiger charge is 2.69. The van der Waals surface area contributed by atoms with Crippen molar-refractivity contribution in [3.63, 3.8) is 0 Å². The Morgan fingerprint density at radius 1 is 0.711 bits per heavy atom. The Morgan fingerprint density at radius 3 is 1.74 bits per heavy atom. The normalized spacial score (nSPS) is 43.7. The first-order valence-corrected chi connectivity index (χ1v) is 15.9. The number of nitrogens with zero attached hydrogens (tertiary/aromatic N) is 2. The number of benzene rings is 2. The highest BCUT2D eigenvalue weighted by atomic mass is 15.4. The summed E-state index contributed by atoms with van der Waals surface area (Å²) >= 11 is 0. The second kappa shape index (κ2) is 6.73. The lowest BCUT2D eigenvalue weighted by Gasteiger charge is -2.59. The molecule has 2 aromatic carbocycles. The molecule has 0 amide bonds. The van der Waals surface area contributed by atoms with Crippen LogP contribution in [-0.2, 0) is 6.54 Å². The summed E-state index contributed by atoms with van der Waals surface area (Å²) in [7, 11) is 0. The number of rotatable bonds is 1. The van der Waals surface area contributed by atoms with Crippen LogP contribution < -0.4 is 4.90 Å². The fourth-order valence-electron chi connectivity index (χ4n) is 12.3. The van der Waals surface area contributed by atoms with Crippen molar-refractivity contribution < 1.29 is 0 Å². The Labute approximate surface area is 230 Å². The van der Waals surface area contributed by atoms with Crippen LogP contribution in [0.25, 0.3) is 0 Å². The van der Waals surface area contributed by atoms with Crippen LogP contribution >= 0.6 is 0 Å². The van der Waals surface area contributed by atoms with Crippen molar-refractivity contribution in [2.45, 2.75) is 123 Å². The highest BCUT2D eigenvalue weighted by Crippen LogP contribution is 2.81. The van der Waals surface area contributed by atoms with Crippen LogP contribution in [0, 0.1) is 44.9 Å². The molecular weight excluding hydrogens is 460 g/mol. The molecule has 2 aliphatic heterocycles. The van der Waals surface area contributed by atoms with Crippen LogP contribution in [0.15, 0.2) is 0 Å². The standard InChI is InChI=1S/C36H46N2/c1-10-36(9)13-38-14-37(21(36)8)12-24-17(4)27-30(20(7)35(24)38)34-23-11-22(31(27)34)32-28-18(5)25-15(2)16(3)26(25)19(6)29(28)33(23)32/h15-16,21-23,31-34H,10-14H2,1-9H3. The third kappa shape index (κ3) is 2.16. The Balaban J connectivity index is 1.17. The molecule has 11 unspecified atom stereocenters. The van der Waals surface area contributed by atoms with E-state index in [0.717, 1.165) is 60.6 Å². The van der Waals surface area contributed by atoms with Crippen LogP contribution in [0.5, 0.6) is 0 Å². The fraction of sp³-hybridized carbons (Fsp3) is 0.667. The average Bonchev–Trinajstić information content (AvgIpc) is 3.31. The van der Waals surface area contributed by atoms with E-state index in [-0.39, 0.29) is 0 Å². The van der Waals surface area contributed by atoms with Gasteiger partial charge in [-0.3, -0.25) is 4.90 Å². The molecule has 9 rings (SSSR count). The van der Waals surface area contributed by atoms with Crippen molar-refractivity contribution in [3.05, 3.63) is 61.2 Å². The Hall–Kier alpha value is -1.80. The maximum absolute atomic E-state index is 2.79. The van der Waals surface area contributed by atoms with Gasteiger partial charge in [-0.15, -0.1) is 0 Å².